The summed E-state index contributed by atoms with van der Waals surface area (Å²) in [5.41, 5.74) is 5.36. The molecule has 0 fully saturated rings. The van der Waals surface area contributed by atoms with Crippen molar-refractivity contribution in [1.82, 2.24) is 5.32 Å². The molecule has 98 valence electrons. The average molecular weight is 267 g/mol. The standard InChI is InChI=1S/C12H17N3O2S/c1-9(7-11(13)15-17)14-12(16)8-18-10-5-3-2-4-6-10/h2-6,9,17H,7-8H2,1H3,(H2,13,15)(H,14,16). The summed E-state index contributed by atoms with van der Waals surface area (Å²) >= 11 is 1.47. The number of rotatable bonds is 6. The van der Waals surface area contributed by atoms with Crippen LogP contribution in [0.4, 0.5) is 0 Å². The molecule has 1 atom stereocenters. The fourth-order valence-electron chi connectivity index (χ4n) is 1.39. The fourth-order valence-corrected chi connectivity index (χ4v) is 2.12. The molecule has 0 aliphatic heterocycles. The molecule has 0 aliphatic carbocycles. The zero-order chi connectivity index (χ0) is 13.4. The summed E-state index contributed by atoms with van der Waals surface area (Å²) in [4.78, 5) is 12.7. The number of carbonyl (C=O) groups excluding carboxylic acids is 1. The molecule has 0 radical (unpaired) electrons. The van der Waals surface area contributed by atoms with E-state index in [0.29, 0.717) is 12.2 Å². The number of hydrogen-bond donors (Lipinski definition) is 3. The van der Waals surface area contributed by atoms with Gasteiger partial charge in [-0.25, -0.2) is 0 Å². The van der Waals surface area contributed by atoms with Gasteiger partial charge in [-0.3, -0.25) is 4.79 Å². The first-order chi connectivity index (χ1) is 8.61. The highest BCUT2D eigenvalue weighted by Gasteiger charge is 2.09. The average Bonchev–Trinajstić information content (AvgIpc) is 2.37. The van der Waals surface area contributed by atoms with Crippen molar-refractivity contribution < 1.29 is 10.0 Å². The summed E-state index contributed by atoms with van der Waals surface area (Å²) < 4.78 is 0. The molecule has 0 saturated carbocycles. The zero-order valence-electron chi connectivity index (χ0n) is 10.2. The molecule has 18 heavy (non-hydrogen) atoms. The summed E-state index contributed by atoms with van der Waals surface area (Å²) in [5.74, 6) is 0.394. The highest BCUT2D eigenvalue weighted by atomic mass is 32.2. The molecule has 4 N–H and O–H groups in total. The van der Waals surface area contributed by atoms with E-state index in [9.17, 15) is 4.79 Å². The van der Waals surface area contributed by atoms with Gasteiger partial charge in [-0.1, -0.05) is 23.4 Å². The van der Waals surface area contributed by atoms with Gasteiger partial charge in [0.05, 0.1) is 5.75 Å². The number of nitrogens with zero attached hydrogens (tertiary/aromatic N) is 1. The molecule has 0 bridgehead atoms. The van der Waals surface area contributed by atoms with E-state index in [2.05, 4.69) is 10.5 Å². The maximum atomic E-state index is 11.6. The minimum Gasteiger partial charge on any atom is -0.409 e. The zero-order valence-corrected chi connectivity index (χ0v) is 11.0. The second-order valence-electron chi connectivity index (χ2n) is 3.87. The van der Waals surface area contributed by atoms with Gasteiger partial charge in [0.15, 0.2) is 0 Å². The lowest BCUT2D eigenvalue weighted by molar-refractivity contribution is -0.119. The number of nitrogens with one attached hydrogen (secondary N) is 1. The first-order valence-corrected chi connectivity index (χ1v) is 6.54. The molecule has 1 aromatic carbocycles. The molecule has 0 spiro atoms. The fraction of sp³-hybridized carbons (Fsp3) is 0.333. The molecule has 1 rings (SSSR count). The van der Waals surface area contributed by atoms with Gasteiger partial charge in [0.2, 0.25) is 5.91 Å². The van der Waals surface area contributed by atoms with Crippen molar-refractivity contribution in [3.8, 4) is 0 Å². The van der Waals surface area contributed by atoms with Gasteiger partial charge in [0.25, 0.3) is 0 Å². The summed E-state index contributed by atoms with van der Waals surface area (Å²) in [6.45, 7) is 1.81. The van der Waals surface area contributed by atoms with Crippen LogP contribution in [0.1, 0.15) is 13.3 Å². The van der Waals surface area contributed by atoms with Crippen molar-refractivity contribution in [2.75, 3.05) is 5.75 Å². The number of benzene rings is 1. The van der Waals surface area contributed by atoms with Gasteiger partial charge in [-0.05, 0) is 19.1 Å². The van der Waals surface area contributed by atoms with Crippen LogP contribution in [-0.2, 0) is 4.79 Å². The normalized spacial score (nSPS) is 13.1. The Balaban J connectivity index is 2.29. The van der Waals surface area contributed by atoms with Gasteiger partial charge in [-0.2, -0.15) is 0 Å². The number of thioether (sulfide) groups is 1. The monoisotopic (exact) mass is 267 g/mol. The van der Waals surface area contributed by atoms with Crippen molar-refractivity contribution in [2.45, 2.75) is 24.3 Å². The third-order valence-corrected chi connectivity index (χ3v) is 3.18. The molecule has 1 unspecified atom stereocenters. The first-order valence-electron chi connectivity index (χ1n) is 5.55. The Labute approximate surface area is 110 Å². The SMILES string of the molecule is CC(CC(N)=NO)NC(=O)CSc1ccccc1. The van der Waals surface area contributed by atoms with Crippen molar-refractivity contribution >= 4 is 23.5 Å². The largest absolute Gasteiger partial charge is 0.409 e. The minimum absolute atomic E-state index is 0.0675. The van der Waals surface area contributed by atoms with Crippen LogP contribution in [0.3, 0.4) is 0 Å². The van der Waals surface area contributed by atoms with Crippen molar-refractivity contribution in [3.63, 3.8) is 0 Å². The van der Waals surface area contributed by atoms with E-state index in [1.807, 2.05) is 37.3 Å². The quantitative estimate of drug-likeness (QED) is 0.239. The Morgan fingerprint density at radius 1 is 1.50 bits per heavy atom. The lowest BCUT2D eigenvalue weighted by Crippen LogP contribution is -2.36. The van der Waals surface area contributed by atoms with Crippen LogP contribution in [0.2, 0.25) is 0 Å². The van der Waals surface area contributed by atoms with E-state index in [1.54, 1.807) is 0 Å². The Morgan fingerprint density at radius 3 is 2.78 bits per heavy atom. The molecule has 0 saturated heterocycles. The summed E-state index contributed by atoms with van der Waals surface area (Å²) in [6, 6.07) is 9.56. The summed E-state index contributed by atoms with van der Waals surface area (Å²) in [6.07, 6.45) is 0.332. The molecule has 0 aliphatic rings. The minimum atomic E-state index is -0.148. The van der Waals surface area contributed by atoms with E-state index < -0.39 is 0 Å². The van der Waals surface area contributed by atoms with E-state index in [1.165, 1.54) is 11.8 Å². The second-order valence-corrected chi connectivity index (χ2v) is 4.91. The third kappa shape index (κ3) is 5.58. The second kappa shape index (κ2) is 7.60. The van der Waals surface area contributed by atoms with Crippen LogP contribution in [0, 0.1) is 0 Å². The molecule has 5 nitrogen and oxygen atoms in total. The summed E-state index contributed by atoms with van der Waals surface area (Å²) in [5, 5.41) is 14.1. The maximum Gasteiger partial charge on any atom is 0.230 e. The topological polar surface area (TPSA) is 87.7 Å². The van der Waals surface area contributed by atoms with Gasteiger partial charge in [-0.15, -0.1) is 11.8 Å². The Morgan fingerprint density at radius 2 is 2.17 bits per heavy atom. The molecule has 1 amide bonds. The van der Waals surface area contributed by atoms with E-state index in [0.717, 1.165) is 4.90 Å². The molecule has 0 aromatic heterocycles. The molecule has 1 aromatic rings. The summed E-state index contributed by atoms with van der Waals surface area (Å²) in [7, 11) is 0. The smallest absolute Gasteiger partial charge is 0.230 e. The highest BCUT2D eigenvalue weighted by Crippen LogP contribution is 2.16. The van der Waals surface area contributed by atoms with Crippen LogP contribution in [0.15, 0.2) is 40.4 Å². The van der Waals surface area contributed by atoms with Gasteiger partial charge in [0.1, 0.15) is 5.84 Å². The van der Waals surface area contributed by atoms with E-state index in [4.69, 9.17) is 10.9 Å². The van der Waals surface area contributed by atoms with Gasteiger partial charge in [0, 0.05) is 17.4 Å². The number of hydrogen-bond acceptors (Lipinski definition) is 4. The number of amides is 1. The number of nitrogens with two attached hydrogens (primary N) is 1. The van der Waals surface area contributed by atoms with Crippen LogP contribution in [0.25, 0.3) is 0 Å². The number of oxime groups is 1. The van der Waals surface area contributed by atoms with Crippen LogP contribution in [0.5, 0.6) is 0 Å². The predicted molar refractivity (Wildman–Crippen MR) is 72.8 cm³/mol. The molecule has 0 heterocycles. The van der Waals surface area contributed by atoms with E-state index in [-0.39, 0.29) is 17.8 Å². The molecular weight excluding hydrogens is 250 g/mol. The maximum absolute atomic E-state index is 11.6. The Bertz CT molecular complexity index is 409. The van der Waals surface area contributed by atoms with Crippen molar-refractivity contribution in [2.24, 2.45) is 10.9 Å². The van der Waals surface area contributed by atoms with E-state index >= 15 is 0 Å². The van der Waals surface area contributed by atoms with Crippen LogP contribution in [-0.4, -0.2) is 28.7 Å². The number of carbonyl (C=O) groups is 1. The van der Waals surface area contributed by atoms with Crippen LogP contribution < -0.4 is 11.1 Å². The van der Waals surface area contributed by atoms with Crippen molar-refractivity contribution in [3.05, 3.63) is 30.3 Å². The lowest BCUT2D eigenvalue weighted by Gasteiger charge is -2.12. The Kier molecular flexibility index (Phi) is 6.07. The lowest BCUT2D eigenvalue weighted by atomic mass is 10.2. The highest BCUT2D eigenvalue weighted by molar-refractivity contribution is 8.00. The number of amidine groups is 1. The van der Waals surface area contributed by atoms with Crippen molar-refractivity contribution in [1.29, 1.82) is 0 Å². The molecular formula is C12H17N3O2S. The van der Waals surface area contributed by atoms with Gasteiger partial charge < -0.3 is 16.3 Å². The first kappa shape index (κ1) is 14.4. The van der Waals surface area contributed by atoms with Crippen LogP contribution >= 0.6 is 11.8 Å². The Hall–Kier alpha value is -1.69. The molecule has 6 heteroatoms. The third-order valence-electron chi connectivity index (χ3n) is 2.16. The van der Waals surface area contributed by atoms with Gasteiger partial charge >= 0.3 is 0 Å². The predicted octanol–water partition coefficient (Wildman–Crippen LogP) is 1.42.